The largest absolute Gasteiger partial charge is 0.356 e. The number of amides is 1. The van der Waals surface area contributed by atoms with Gasteiger partial charge in [0.2, 0.25) is 0 Å². The van der Waals surface area contributed by atoms with Crippen molar-refractivity contribution in [1.29, 1.82) is 0 Å². The fourth-order valence-electron chi connectivity index (χ4n) is 3.78. The van der Waals surface area contributed by atoms with E-state index >= 15 is 0 Å². The standard InChI is InChI=1S/C21H22N8OS/c1-31-21-26-18(28-9-4-5-10-28)14-12-24-29(19(14)27-21)11-8-22-20(30)17-13-23-15-6-2-3-7-16(15)25-17/h2-3,6-7,12-13H,4-5,8-11H2,1H3,(H,22,30). The summed E-state index contributed by atoms with van der Waals surface area (Å²) in [6.07, 6.45) is 7.65. The van der Waals surface area contributed by atoms with Gasteiger partial charge in [0.1, 0.15) is 11.5 Å². The maximum atomic E-state index is 12.5. The highest BCUT2D eigenvalue weighted by Crippen LogP contribution is 2.28. The quantitative estimate of drug-likeness (QED) is 0.365. The minimum atomic E-state index is -0.258. The molecule has 10 heteroatoms. The number of thioether (sulfide) groups is 1. The summed E-state index contributed by atoms with van der Waals surface area (Å²) in [6.45, 7) is 2.92. The van der Waals surface area contributed by atoms with Crippen LogP contribution in [-0.4, -0.2) is 61.5 Å². The van der Waals surface area contributed by atoms with Crippen LogP contribution >= 0.6 is 11.8 Å². The number of nitrogens with zero attached hydrogens (tertiary/aromatic N) is 7. The van der Waals surface area contributed by atoms with Crippen LogP contribution in [0.3, 0.4) is 0 Å². The second kappa shape index (κ2) is 8.46. The van der Waals surface area contributed by atoms with Crippen LogP contribution in [0.2, 0.25) is 0 Å². The number of benzene rings is 1. The highest BCUT2D eigenvalue weighted by Gasteiger charge is 2.20. The maximum absolute atomic E-state index is 12.5. The maximum Gasteiger partial charge on any atom is 0.271 e. The van der Waals surface area contributed by atoms with Crippen molar-refractivity contribution in [2.24, 2.45) is 0 Å². The first-order chi connectivity index (χ1) is 15.2. The molecule has 4 aromatic rings. The van der Waals surface area contributed by atoms with Crippen molar-refractivity contribution >= 4 is 45.6 Å². The number of rotatable bonds is 6. The van der Waals surface area contributed by atoms with Gasteiger partial charge in [-0.25, -0.2) is 19.6 Å². The number of anilines is 1. The van der Waals surface area contributed by atoms with E-state index in [0.717, 1.165) is 40.6 Å². The first-order valence-electron chi connectivity index (χ1n) is 10.3. The molecule has 0 aliphatic carbocycles. The molecular weight excluding hydrogens is 412 g/mol. The molecule has 9 nitrogen and oxygen atoms in total. The first-order valence-corrected chi connectivity index (χ1v) is 11.5. The van der Waals surface area contributed by atoms with E-state index in [0.29, 0.717) is 24.3 Å². The molecule has 1 aliphatic rings. The second-order valence-corrected chi connectivity index (χ2v) is 8.11. The summed E-state index contributed by atoms with van der Waals surface area (Å²) in [4.78, 5) is 32.9. The van der Waals surface area contributed by atoms with Gasteiger partial charge in [0.25, 0.3) is 5.91 Å². The second-order valence-electron chi connectivity index (χ2n) is 7.33. The van der Waals surface area contributed by atoms with Gasteiger partial charge >= 0.3 is 0 Å². The summed E-state index contributed by atoms with van der Waals surface area (Å²) in [6, 6.07) is 7.48. The van der Waals surface area contributed by atoms with E-state index in [1.165, 1.54) is 30.8 Å². The Kier molecular flexibility index (Phi) is 5.37. The van der Waals surface area contributed by atoms with E-state index in [4.69, 9.17) is 4.98 Å². The van der Waals surface area contributed by atoms with Crippen LogP contribution in [-0.2, 0) is 6.54 Å². The Bertz CT molecular complexity index is 1250. The van der Waals surface area contributed by atoms with Crippen LogP contribution in [0.15, 0.2) is 41.8 Å². The third-order valence-electron chi connectivity index (χ3n) is 5.33. The molecule has 158 valence electrons. The third kappa shape index (κ3) is 3.90. The van der Waals surface area contributed by atoms with Gasteiger partial charge in [0, 0.05) is 19.6 Å². The van der Waals surface area contributed by atoms with E-state index < -0.39 is 0 Å². The molecule has 1 aliphatic heterocycles. The number of hydrogen-bond acceptors (Lipinski definition) is 8. The lowest BCUT2D eigenvalue weighted by Crippen LogP contribution is -2.28. The minimum absolute atomic E-state index is 0.258. The van der Waals surface area contributed by atoms with E-state index in [2.05, 4.69) is 30.3 Å². The van der Waals surface area contributed by atoms with Gasteiger partial charge in [-0.3, -0.25) is 9.78 Å². The molecule has 0 spiro atoms. The zero-order valence-corrected chi connectivity index (χ0v) is 18.0. The van der Waals surface area contributed by atoms with Crippen molar-refractivity contribution in [3.8, 4) is 0 Å². The Balaban J connectivity index is 1.32. The molecule has 1 fully saturated rings. The number of para-hydroxylation sites is 2. The first kappa shape index (κ1) is 19.7. The molecule has 1 saturated heterocycles. The van der Waals surface area contributed by atoms with Crippen LogP contribution in [0.5, 0.6) is 0 Å². The van der Waals surface area contributed by atoms with Crippen molar-refractivity contribution in [1.82, 2.24) is 35.0 Å². The van der Waals surface area contributed by atoms with Crippen LogP contribution in [0.25, 0.3) is 22.1 Å². The molecule has 31 heavy (non-hydrogen) atoms. The normalized spacial score (nSPS) is 13.9. The topological polar surface area (TPSA) is 102 Å². The van der Waals surface area contributed by atoms with Gasteiger partial charge in [-0.1, -0.05) is 23.9 Å². The summed E-state index contributed by atoms with van der Waals surface area (Å²) in [5.41, 5.74) is 2.55. The van der Waals surface area contributed by atoms with E-state index in [-0.39, 0.29) is 5.91 Å². The highest BCUT2D eigenvalue weighted by atomic mass is 32.2. The Morgan fingerprint density at radius 1 is 1.10 bits per heavy atom. The van der Waals surface area contributed by atoms with Crippen molar-refractivity contribution in [3.63, 3.8) is 0 Å². The van der Waals surface area contributed by atoms with E-state index in [9.17, 15) is 4.79 Å². The number of carbonyl (C=O) groups excluding carboxylic acids is 1. The number of carbonyl (C=O) groups is 1. The number of hydrogen-bond donors (Lipinski definition) is 1. The molecule has 5 rings (SSSR count). The third-order valence-corrected chi connectivity index (χ3v) is 5.88. The van der Waals surface area contributed by atoms with Crippen LogP contribution in [0, 0.1) is 0 Å². The monoisotopic (exact) mass is 434 g/mol. The molecule has 0 unspecified atom stereocenters. The number of fused-ring (bicyclic) bond motifs is 2. The summed E-state index contributed by atoms with van der Waals surface area (Å²) in [5.74, 6) is 0.695. The van der Waals surface area contributed by atoms with Crippen molar-refractivity contribution in [2.75, 3.05) is 30.8 Å². The number of nitrogens with one attached hydrogen (secondary N) is 1. The SMILES string of the molecule is CSc1nc(N2CCCC2)c2cnn(CCNC(=O)c3cnc4ccccc4n3)c2n1. The number of aromatic nitrogens is 6. The van der Waals surface area contributed by atoms with Crippen molar-refractivity contribution in [2.45, 2.75) is 24.5 Å². The lowest BCUT2D eigenvalue weighted by atomic mass is 10.3. The highest BCUT2D eigenvalue weighted by molar-refractivity contribution is 7.98. The molecule has 1 aromatic carbocycles. The molecule has 0 atom stereocenters. The molecular formula is C21H22N8OS. The molecule has 1 N–H and O–H groups in total. The predicted molar refractivity (Wildman–Crippen MR) is 120 cm³/mol. The van der Waals surface area contributed by atoms with Crippen LogP contribution < -0.4 is 10.2 Å². The average molecular weight is 435 g/mol. The van der Waals surface area contributed by atoms with E-state index in [1.807, 2.05) is 41.4 Å². The molecule has 0 bridgehead atoms. The molecule has 4 heterocycles. The van der Waals surface area contributed by atoms with Gasteiger partial charge in [-0.2, -0.15) is 5.10 Å². The van der Waals surface area contributed by atoms with Crippen molar-refractivity contribution in [3.05, 3.63) is 42.4 Å². The van der Waals surface area contributed by atoms with Crippen molar-refractivity contribution < 1.29 is 4.79 Å². The van der Waals surface area contributed by atoms with Gasteiger partial charge in [0.05, 0.1) is 35.4 Å². The molecule has 0 saturated carbocycles. The Hall–Kier alpha value is -3.27. The molecule has 1 amide bonds. The Labute approximate surface area is 183 Å². The lowest BCUT2D eigenvalue weighted by Gasteiger charge is -2.17. The zero-order valence-electron chi connectivity index (χ0n) is 17.2. The summed E-state index contributed by atoms with van der Waals surface area (Å²) in [5, 5.41) is 9.09. The van der Waals surface area contributed by atoms with E-state index in [1.54, 1.807) is 0 Å². The van der Waals surface area contributed by atoms with Crippen LogP contribution in [0.1, 0.15) is 23.3 Å². The lowest BCUT2D eigenvalue weighted by molar-refractivity contribution is 0.0947. The van der Waals surface area contributed by atoms with Crippen LogP contribution in [0.4, 0.5) is 5.82 Å². The fraction of sp³-hybridized carbons (Fsp3) is 0.333. The van der Waals surface area contributed by atoms with Gasteiger partial charge < -0.3 is 10.2 Å². The fourth-order valence-corrected chi connectivity index (χ4v) is 4.13. The summed E-state index contributed by atoms with van der Waals surface area (Å²) >= 11 is 1.52. The Morgan fingerprint density at radius 2 is 1.90 bits per heavy atom. The predicted octanol–water partition coefficient (Wildman–Crippen LogP) is 2.52. The smallest absolute Gasteiger partial charge is 0.271 e. The molecule has 0 radical (unpaired) electrons. The van der Waals surface area contributed by atoms with Gasteiger partial charge in [-0.05, 0) is 31.2 Å². The van der Waals surface area contributed by atoms with Gasteiger partial charge in [0.15, 0.2) is 10.8 Å². The Morgan fingerprint density at radius 3 is 2.71 bits per heavy atom. The van der Waals surface area contributed by atoms with Gasteiger partial charge in [-0.15, -0.1) is 0 Å². The minimum Gasteiger partial charge on any atom is -0.356 e. The average Bonchev–Trinajstić information content (AvgIpc) is 3.48. The zero-order chi connectivity index (χ0) is 21.2. The molecule has 3 aromatic heterocycles. The summed E-state index contributed by atoms with van der Waals surface area (Å²) < 4.78 is 1.82. The summed E-state index contributed by atoms with van der Waals surface area (Å²) in [7, 11) is 0.